The Balaban J connectivity index is 2.01. The third-order valence-corrected chi connectivity index (χ3v) is 13.3. The third kappa shape index (κ3) is 10.7. The molecule has 0 saturated carbocycles. The van der Waals surface area contributed by atoms with Crippen molar-refractivity contribution in [1.82, 2.24) is 4.90 Å². The number of carbonyl (C=O) groups is 2. The molecule has 4 aliphatic heterocycles. The van der Waals surface area contributed by atoms with E-state index in [9.17, 15) is 35.2 Å². The summed E-state index contributed by atoms with van der Waals surface area (Å²) >= 11 is 0. The minimum atomic E-state index is -1.93. The Bertz CT molecular complexity index is 1490. The van der Waals surface area contributed by atoms with Gasteiger partial charge in [-0.15, -0.1) is 0 Å². The maximum atomic E-state index is 14.6. The van der Waals surface area contributed by atoms with Crippen LogP contribution in [0.15, 0.2) is 16.8 Å². The van der Waals surface area contributed by atoms with Crippen LogP contribution in [0.3, 0.4) is 0 Å². The Morgan fingerprint density at radius 3 is 2.25 bits per heavy atom. The van der Waals surface area contributed by atoms with Crippen molar-refractivity contribution in [3.63, 3.8) is 0 Å². The van der Waals surface area contributed by atoms with Gasteiger partial charge in [0.2, 0.25) is 0 Å². The number of carboxylic acid groups (broad SMARTS) is 1. The molecule has 0 aromatic rings. The van der Waals surface area contributed by atoms with E-state index in [2.05, 4.69) is 5.16 Å². The SMILES string of the molecule is CC[C@H]1OC(=O)[C@H](C)[C@@H](O[C@H]2C[C@@](C)(OC)[C@@H](O)[C@H](C)O2)[C@@H](C)[C@@H](O[C@@H]2O[C@H](C)C[C@H](N(C)C)[C@H]2O)[C@]2(C)C[C@@H](C)/C(=N\O)[C@H](C)[C@@H](OC/C(C(=O)O)=C\CO2)[C@]1(C)O. The molecule has 4 rings (SSSR count). The molecule has 59 heavy (non-hydrogen) atoms. The molecule has 0 radical (unpaired) electrons. The number of esters is 1. The van der Waals surface area contributed by atoms with Gasteiger partial charge in [-0.25, -0.2) is 4.79 Å². The van der Waals surface area contributed by atoms with Gasteiger partial charge in [-0.2, -0.15) is 0 Å². The third-order valence-electron chi connectivity index (χ3n) is 13.3. The number of oxime groups is 1. The molecule has 0 aliphatic carbocycles. The first-order chi connectivity index (χ1) is 27.5. The van der Waals surface area contributed by atoms with Crippen molar-refractivity contribution in [2.75, 3.05) is 34.4 Å². The lowest BCUT2D eigenvalue weighted by Gasteiger charge is -2.50. The summed E-state index contributed by atoms with van der Waals surface area (Å²) in [6, 6.07) is -0.344. The van der Waals surface area contributed by atoms with Crippen LogP contribution in [0.2, 0.25) is 0 Å². The largest absolute Gasteiger partial charge is 0.478 e. The first kappa shape index (κ1) is 49.4. The van der Waals surface area contributed by atoms with E-state index in [4.69, 9.17) is 37.9 Å². The fourth-order valence-corrected chi connectivity index (χ4v) is 9.75. The van der Waals surface area contributed by atoms with Gasteiger partial charge in [0.15, 0.2) is 12.6 Å². The van der Waals surface area contributed by atoms with Crippen LogP contribution < -0.4 is 0 Å². The average Bonchev–Trinajstić information content (AvgIpc) is 3.15. The number of rotatable bonds is 8. The monoisotopic (exact) mass is 844 g/mol. The number of likely N-dealkylation sites (N-methyl/N-ethyl adjacent to an activating group) is 1. The molecule has 0 spiro atoms. The van der Waals surface area contributed by atoms with Crippen LogP contribution in [0.25, 0.3) is 0 Å². The summed E-state index contributed by atoms with van der Waals surface area (Å²) in [6.45, 7) is 16.6. The minimum Gasteiger partial charge on any atom is -0.478 e. The molecule has 4 aliphatic rings. The minimum absolute atomic E-state index is 0.0884. The molecule has 340 valence electrons. The smallest absolute Gasteiger partial charge is 0.333 e. The lowest BCUT2D eigenvalue weighted by atomic mass is 9.73. The van der Waals surface area contributed by atoms with Crippen LogP contribution in [-0.4, -0.2) is 167 Å². The summed E-state index contributed by atoms with van der Waals surface area (Å²) in [5.74, 6) is -5.29. The van der Waals surface area contributed by atoms with E-state index in [0.717, 1.165) is 0 Å². The van der Waals surface area contributed by atoms with Gasteiger partial charge in [0.25, 0.3) is 0 Å². The summed E-state index contributed by atoms with van der Waals surface area (Å²) in [6.07, 6.45) is -7.68. The van der Waals surface area contributed by atoms with Gasteiger partial charge < -0.3 is 68.4 Å². The number of aliphatic hydroxyl groups excluding tert-OH is 2. The van der Waals surface area contributed by atoms with E-state index in [1.54, 1.807) is 41.5 Å². The number of methoxy groups -OCH3 is 1. The van der Waals surface area contributed by atoms with Gasteiger partial charge in [-0.05, 0) is 81.0 Å². The van der Waals surface area contributed by atoms with E-state index in [1.165, 1.54) is 20.1 Å². The van der Waals surface area contributed by atoms with Crippen LogP contribution in [0.1, 0.15) is 94.9 Å². The lowest BCUT2D eigenvalue weighted by molar-refractivity contribution is -0.320. The highest BCUT2D eigenvalue weighted by Crippen LogP contribution is 2.43. The van der Waals surface area contributed by atoms with Crippen molar-refractivity contribution >= 4 is 17.7 Å². The van der Waals surface area contributed by atoms with Crippen molar-refractivity contribution in [3.05, 3.63) is 11.6 Å². The summed E-state index contributed by atoms with van der Waals surface area (Å²) < 4.78 is 51.3. The molecule has 0 aromatic carbocycles. The highest BCUT2D eigenvalue weighted by molar-refractivity contribution is 5.89. The number of hydrogen-bond acceptors (Lipinski definition) is 16. The topological polar surface area (TPSA) is 225 Å². The zero-order valence-corrected chi connectivity index (χ0v) is 37.2. The Labute approximate surface area is 349 Å². The van der Waals surface area contributed by atoms with E-state index >= 15 is 0 Å². The zero-order chi connectivity index (χ0) is 44.4. The van der Waals surface area contributed by atoms with Gasteiger partial charge in [-0.1, -0.05) is 32.9 Å². The molecule has 0 amide bonds. The number of ether oxygens (including phenoxy) is 8. The van der Waals surface area contributed by atoms with Gasteiger partial charge in [-0.3, -0.25) is 4.79 Å². The predicted molar refractivity (Wildman–Crippen MR) is 214 cm³/mol. The van der Waals surface area contributed by atoms with Crippen molar-refractivity contribution in [1.29, 1.82) is 0 Å². The van der Waals surface area contributed by atoms with Crippen LogP contribution >= 0.6 is 0 Å². The van der Waals surface area contributed by atoms with Crippen LogP contribution in [0, 0.1) is 23.7 Å². The number of aliphatic carboxylic acids is 1. The summed E-state index contributed by atoms with van der Waals surface area (Å²) in [7, 11) is 5.21. The first-order valence-electron chi connectivity index (χ1n) is 21.0. The molecule has 17 nitrogen and oxygen atoms in total. The van der Waals surface area contributed by atoms with E-state index < -0.39 is 114 Å². The Morgan fingerprint density at radius 2 is 1.68 bits per heavy atom. The van der Waals surface area contributed by atoms with Gasteiger partial charge in [0.05, 0.1) is 72.1 Å². The van der Waals surface area contributed by atoms with Gasteiger partial charge in [0, 0.05) is 37.3 Å². The van der Waals surface area contributed by atoms with Gasteiger partial charge in [0.1, 0.15) is 23.9 Å². The molecule has 17 heteroatoms. The predicted octanol–water partition coefficient (Wildman–Crippen LogP) is 3.12. The molecule has 5 N–H and O–H groups in total. The second kappa shape index (κ2) is 19.8. The molecule has 4 heterocycles. The van der Waals surface area contributed by atoms with E-state index in [1.807, 2.05) is 39.8 Å². The number of fused-ring (bicyclic) bond motifs is 5. The fraction of sp³-hybridized carbons (Fsp3) is 0.881. The molecule has 2 bridgehead atoms. The molecule has 18 atom stereocenters. The van der Waals surface area contributed by atoms with Crippen molar-refractivity contribution in [2.24, 2.45) is 28.8 Å². The molecule has 0 unspecified atom stereocenters. The average molecular weight is 845 g/mol. The Morgan fingerprint density at radius 1 is 1.02 bits per heavy atom. The molecular weight excluding hydrogens is 772 g/mol. The summed E-state index contributed by atoms with van der Waals surface area (Å²) in [5.41, 5.74) is -4.36. The van der Waals surface area contributed by atoms with Crippen molar-refractivity contribution < 1.29 is 73.1 Å². The number of cyclic esters (lactones) is 1. The number of nitrogens with zero attached hydrogens (tertiary/aromatic N) is 2. The molecule has 3 fully saturated rings. The van der Waals surface area contributed by atoms with Crippen LogP contribution in [0.4, 0.5) is 0 Å². The van der Waals surface area contributed by atoms with Crippen molar-refractivity contribution in [3.8, 4) is 0 Å². The second-order valence-electron chi connectivity index (χ2n) is 18.2. The quantitative estimate of drug-likeness (QED) is 0.134. The van der Waals surface area contributed by atoms with Gasteiger partial charge >= 0.3 is 11.9 Å². The Hall–Kier alpha value is -2.29. The second-order valence-corrected chi connectivity index (χ2v) is 18.2. The lowest BCUT2D eigenvalue weighted by Crippen LogP contribution is -2.62. The first-order valence-corrected chi connectivity index (χ1v) is 21.0. The Kier molecular flexibility index (Phi) is 16.6. The standard InChI is InChI=1S/C42H72N2O15/c1-14-29-42(10,50)36-23(4)31(43-51)21(2)18-41(9,54-16-15-27(20-53-36)37(47)48)35(59-39-32(45)28(44(11)12)17-22(3)55-39)24(5)33(25(6)38(49)57-29)58-30-19-40(8,52-13)34(46)26(7)56-30/h15,21-26,28-30,32-36,39,45-46,50-51H,14,16-20H2,1-13H3,(H,47,48)/b27-15+,43-31+/t21-,22-,23+,24-,25-,26+,28+,29-,30+,32-,33+,34+,35-,36-,39+,40-,41+,42-/m1/s1. The number of hydrogen-bond donors (Lipinski definition) is 5. The highest BCUT2D eigenvalue weighted by atomic mass is 16.7. The van der Waals surface area contributed by atoms with Crippen LogP contribution in [0.5, 0.6) is 0 Å². The highest BCUT2D eigenvalue weighted by Gasteiger charge is 2.54. The zero-order valence-electron chi connectivity index (χ0n) is 37.2. The maximum Gasteiger partial charge on any atom is 0.333 e. The molecule has 0 aromatic heterocycles. The normalized spacial score (nSPS) is 47.5. The number of aliphatic hydroxyl groups is 3. The van der Waals surface area contributed by atoms with E-state index in [0.29, 0.717) is 6.42 Å². The van der Waals surface area contributed by atoms with Crippen LogP contribution in [-0.2, 0) is 47.5 Å². The summed E-state index contributed by atoms with van der Waals surface area (Å²) in [5, 5.41) is 59.9. The van der Waals surface area contributed by atoms with E-state index in [-0.39, 0.29) is 49.3 Å². The number of carboxylic acids is 1. The fourth-order valence-electron chi connectivity index (χ4n) is 9.75. The summed E-state index contributed by atoms with van der Waals surface area (Å²) in [4.78, 5) is 29.1. The molecular formula is C42H72N2O15. The number of carbonyl (C=O) groups excluding carboxylic acids is 1. The van der Waals surface area contributed by atoms with Crippen molar-refractivity contribution in [2.45, 2.75) is 179 Å². The maximum absolute atomic E-state index is 14.6. The molecule has 3 saturated heterocycles.